The zero-order valence-corrected chi connectivity index (χ0v) is 11.7. The van der Waals surface area contributed by atoms with Gasteiger partial charge in [0.05, 0.1) is 0 Å². The van der Waals surface area contributed by atoms with Crippen LogP contribution in [0.3, 0.4) is 0 Å². The molecular formula is C10H21ClS2. The molecule has 0 saturated carbocycles. The molecule has 0 aliphatic carbocycles. The highest BCUT2D eigenvalue weighted by atomic mass is 35.5. The van der Waals surface area contributed by atoms with Crippen molar-refractivity contribution in [2.75, 3.05) is 5.88 Å². The summed E-state index contributed by atoms with van der Waals surface area (Å²) in [5.74, 6) is 1.50. The fraction of sp³-hybridized carbons (Fsp3) is 1.00. The Morgan fingerprint density at radius 2 is 1.77 bits per heavy atom. The highest BCUT2D eigenvalue weighted by Crippen LogP contribution is 2.41. The standard InChI is InChI=1S/C10H21ClS2/c1-8(2)9(6-7-11)12-13-10(3,4)5/h8-9H,6-7H2,1-5H3/t9-/m0/s1. The van der Waals surface area contributed by atoms with E-state index in [0.717, 1.165) is 18.2 Å². The first kappa shape index (κ1) is 14.0. The van der Waals surface area contributed by atoms with E-state index in [9.17, 15) is 0 Å². The molecule has 3 heteroatoms. The summed E-state index contributed by atoms with van der Waals surface area (Å²) in [7, 11) is 3.96. The van der Waals surface area contributed by atoms with E-state index in [4.69, 9.17) is 11.6 Å². The first-order valence-corrected chi connectivity index (χ1v) is 7.52. The second kappa shape index (κ2) is 6.47. The van der Waals surface area contributed by atoms with Crippen molar-refractivity contribution in [1.82, 2.24) is 0 Å². The number of halogens is 1. The molecule has 0 amide bonds. The maximum atomic E-state index is 5.77. The summed E-state index contributed by atoms with van der Waals surface area (Å²) in [4.78, 5) is 0. The van der Waals surface area contributed by atoms with E-state index >= 15 is 0 Å². The molecule has 0 saturated heterocycles. The fourth-order valence-electron chi connectivity index (χ4n) is 0.806. The molecule has 0 aromatic heterocycles. The van der Waals surface area contributed by atoms with Gasteiger partial charge in [0, 0.05) is 15.9 Å². The van der Waals surface area contributed by atoms with Gasteiger partial charge in [-0.1, -0.05) is 56.2 Å². The van der Waals surface area contributed by atoms with E-state index in [0.29, 0.717) is 10.00 Å². The van der Waals surface area contributed by atoms with Gasteiger partial charge >= 0.3 is 0 Å². The maximum Gasteiger partial charge on any atom is 0.0234 e. The normalized spacial score (nSPS) is 15.0. The van der Waals surface area contributed by atoms with Crippen LogP contribution in [-0.2, 0) is 0 Å². The van der Waals surface area contributed by atoms with Gasteiger partial charge in [0.25, 0.3) is 0 Å². The molecule has 0 bridgehead atoms. The molecule has 0 aromatic carbocycles. The van der Waals surface area contributed by atoms with E-state index in [1.807, 2.05) is 21.6 Å². The minimum atomic E-state index is 0.351. The molecule has 0 radical (unpaired) electrons. The van der Waals surface area contributed by atoms with Gasteiger partial charge in [-0.3, -0.25) is 0 Å². The van der Waals surface area contributed by atoms with E-state index in [1.54, 1.807) is 0 Å². The molecule has 0 aliphatic rings. The largest absolute Gasteiger partial charge is 0.127 e. The Balaban J connectivity index is 3.82. The average molecular weight is 241 g/mol. The Kier molecular flexibility index (Phi) is 6.96. The third-order valence-electron chi connectivity index (χ3n) is 1.56. The first-order chi connectivity index (χ1) is 5.87. The lowest BCUT2D eigenvalue weighted by molar-refractivity contribution is 0.598. The van der Waals surface area contributed by atoms with Crippen molar-refractivity contribution >= 4 is 33.2 Å². The summed E-state index contributed by atoms with van der Waals surface area (Å²) in [6.07, 6.45) is 1.12. The van der Waals surface area contributed by atoms with Crippen LogP contribution in [0.2, 0.25) is 0 Å². The van der Waals surface area contributed by atoms with Gasteiger partial charge in [0.15, 0.2) is 0 Å². The van der Waals surface area contributed by atoms with Crippen molar-refractivity contribution in [2.24, 2.45) is 5.92 Å². The first-order valence-electron chi connectivity index (χ1n) is 4.77. The van der Waals surface area contributed by atoms with Gasteiger partial charge in [0.1, 0.15) is 0 Å². The zero-order chi connectivity index (χ0) is 10.5. The lowest BCUT2D eigenvalue weighted by atomic mass is 10.1. The molecule has 0 fully saturated rings. The summed E-state index contributed by atoms with van der Waals surface area (Å²) >= 11 is 5.77. The highest BCUT2D eigenvalue weighted by Gasteiger charge is 2.18. The Bertz CT molecular complexity index is 129. The second-order valence-electron chi connectivity index (χ2n) is 4.55. The van der Waals surface area contributed by atoms with Gasteiger partial charge in [-0.2, -0.15) is 0 Å². The Hall–Kier alpha value is 0.990. The van der Waals surface area contributed by atoms with E-state index in [-0.39, 0.29) is 0 Å². The molecule has 0 aromatic rings. The molecule has 0 spiro atoms. The predicted octanol–water partition coefficient (Wildman–Crippen LogP) is 4.82. The topological polar surface area (TPSA) is 0 Å². The molecule has 13 heavy (non-hydrogen) atoms. The predicted molar refractivity (Wildman–Crippen MR) is 68.9 cm³/mol. The van der Waals surface area contributed by atoms with Crippen molar-refractivity contribution in [3.8, 4) is 0 Å². The van der Waals surface area contributed by atoms with E-state index in [1.165, 1.54) is 0 Å². The minimum Gasteiger partial charge on any atom is -0.127 e. The van der Waals surface area contributed by atoms with Gasteiger partial charge in [-0.05, 0) is 12.3 Å². The molecule has 0 heterocycles. The Morgan fingerprint density at radius 3 is 2.08 bits per heavy atom. The Morgan fingerprint density at radius 1 is 1.23 bits per heavy atom. The van der Waals surface area contributed by atoms with Crippen LogP contribution in [0.4, 0.5) is 0 Å². The molecule has 0 unspecified atom stereocenters. The zero-order valence-electron chi connectivity index (χ0n) is 9.26. The van der Waals surface area contributed by atoms with Crippen LogP contribution in [0.1, 0.15) is 41.0 Å². The van der Waals surface area contributed by atoms with Gasteiger partial charge in [-0.15, -0.1) is 11.6 Å². The van der Waals surface area contributed by atoms with Crippen LogP contribution >= 0.6 is 33.2 Å². The van der Waals surface area contributed by atoms with Crippen LogP contribution in [0.25, 0.3) is 0 Å². The van der Waals surface area contributed by atoms with Crippen molar-refractivity contribution in [3.05, 3.63) is 0 Å². The van der Waals surface area contributed by atoms with Crippen molar-refractivity contribution in [1.29, 1.82) is 0 Å². The van der Waals surface area contributed by atoms with Crippen molar-refractivity contribution < 1.29 is 0 Å². The maximum absolute atomic E-state index is 5.77. The summed E-state index contributed by atoms with van der Waals surface area (Å²) in [5, 5.41) is 0.696. The van der Waals surface area contributed by atoms with Gasteiger partial charge < -0.3 is 0 Å². The number of alkyl halides is 1. The lowest BCUT2D eigenvalue weighted by Crippen LogP contribution is -2.13. The van der Waals surface area contributed by atoms with Gasteiger partial charge in [-0.25, -0.2) is 0 Å². The molecule has 0 aliphatic heterocycles. The highest BCUT2D eigenvalue weighted by molar-refractivity contribution is 8.77. The average Bonchev–Trinajstić information content (AvgIpc) is 1.95. The van der Waals surface area contributed by atoms with Gasteiger partial charge in [0.2, 0.25) is 0 Å². The third kappa shape index (κ3) is 8.02. The Labute approximate surface area is 96.0 Å². The van der Waals surface area contributed by atoms with Crippen LogP contribution in [0.5, 0.6) is 0 Å². The molecule has 1 atom stereocenters. The minimum absolute atomic E-state index is 0.351. The fourth-order valence-corrected chi connectivity index (χ4v) is 4.21. The third-order valence-corrected chi connectivity index (χ3v) is 5.93. The van der Waals surface area contributed by atoms with E-state index in [2.05, 4.69) is 34.6 Å². The second-order valence-corrected chi connectivity index (χ2v) is 8.20. The summed E-state index contributed by atoms with van der Waals surface area (Å²) in [6.45, 7) is 11.3. The quantitative estimate of drug-likeness (QED) is 0.499. The molecular weight excluding hydrogens is 220 g/mol. The van der Waals surface area contributed by atoms with Crippen LogP contribution in [-0.4, -0.2) is 15.9 Å². The summed E-state index contributed by atoms with van der Waals surface area (Å²) in [5.41, 5.74) is 0. The van der Waals surface area contributed by atoms with Crippen molar-refractivity contribution in [2.45, 2.75) is 51.0 Å². The number of rotatable bonds is 5. The van der Waals surface area contributed by atoms with Crippen LogP contribution in [0.15, 0.2) is 0 Å². The lowest BCUT2D eigenvalue weighted by Gasteiger charge is -2.23. The van der Waals surface area contributed by atoms with Crippen LogP contribution in [0, 0.1) is 5.92 Å². The van der Waals surface area contributed by atoms with Crippen molar-refractivity contribution in [3.63, 3.8) is 0 Å². The molecule has 80 valence electrons. The number of hydrogen-bond donors (Lipinski definition) is 0. The summed E-state index contributed by atoms with van der Waals surface area (Å²) in [6, 6.07) is 0. The molecule has 0 rings (SSSR count). The SMILES string of the molecule is CC(C)[C@H](CCCl)SSC(C)(C)C. The molecule has 0 nitrogen and oxygen atoms in total. The molecule has 0 N–H and O–H groups in total. The number of hydrogen-bond acceptors (Lipinski definition) is 2. The monoisotopic (exact) mass is 240 g/mol. The van der Waals surface area contributed by atoms with E-state index < -0.39 is 0 Å². The van der Waals surface area contributed by atoms with Crippen LogP contribution < -0.4 is 0 Å². The smallest absolute Gasteiger partial charge is 0.0234 e. The summed E-state index contributed by atoms with van der Waals surface area (Å²) < 4.78 is 0.351.